The molecule has 0 heterocycles. The predicted molar refractivity (Wildman–Crippen MR) is 124 cm³/mol. The van der Waals surface area contributed by atoms with E-state index in [0.29, 0.717) is 26.2 Å². The van der Waals surface area contributed by atoms with Crippen LogP contribution in [0.25, 0.3) is 0 Å². The number of hydrogen-bond acceptors (Lipinski definition) is 9. The first-order valence-corrected chi connectivity index (χ1v) is 6.71. The molecule has 184 valence electrons. The zero-order valence-corrected chi connectivity index (χ0v) is 14.2. The summed E-state index contributed by atoms with van der Waals surface area (Å²) in [6, 6.07) is 0. The topological polar surface area (TPSA) is 172 Å². The van der Waals surface area contributed by atoms with E-state index in [0.717, 1.165) is 0 Å². The van der Waals surface area contributed by atoms with Gasteiger partial charge in [0.2, 0.25) is 6.41 Å². The molecule has 0 fully saturated rings. The summed E-state index contributed by atoms with van der Waals surface area (Å²) in [4.78, 5) is 8.58. The number of carbonyl (C=O) groups is 1. The van der Waals surface area contributed by atoms with E-state index in [2.05, 4.69) is 5.73 Å². The summed E-state index contributed by atoms with van der Waals surface area (Å²) in [5.41, 5.74) is 11.9. The summed E-state index contributed by atoms with van der Waals surface area (Å²) in [5, 5.41) is 30.5. The lowest BCUT2D eigenvalue weighted by atomic mass is 10.8. The van der Waals surface area contributed by atoms with Crippen LogP contribution in [-0.2, 0) is 4.79 Å². The molecule has 0 aromatic rings. The van der Waals surface area contributed by atoms with Gasteiger partial charge >= 0.3 is 0 Å². The Hall–Kier alpha value is -0.850. The van der Waals surface area contributed by atoms with Gasteiger partial charge in [0.1, 0.15) is 0 Å². The largest absolute Gasteiger partial charge is 0.372 e. The Morgan fingerprint density at radius 3 is 0.630 bits per heavy atom. The van der Waals surface area contributed by atoms with E-state index in [-0.39, 0.29) is 51.0 Å². The second-order valence-electron chi connectivity index (χ2n) is 2.18. The van der Waals surface area contributed by atoms with Gasteiger partial charge in [-0.05, 0) is 0 Å². The molecule has 27 heavy (non-hydrogen) atoms. The number of carbonyl (C=O) groups excluding carboxylic acids is 1. The lowest BCUT2D eigenvalue weighted by Gasteiger charge is -1.75. The Bertz CT molecular complexity index is 85.8. The van der Waals surface area contributed by atoms with Crippen LogP contribution in [0.1, 0.15) is 86.1 Å². The average Bonchev–Trinajstić information content (AvgIpc) is 2.57. The van der Waals surface area contributed by atoms with Gasteiger partial charge in [0, 0.05) is 26.2 Å². The highest BCUT2D eigenvalue weighted by Crippen LogP contribution is 1.35. The van der Waals surface area contributed by atoms with Gasteiger partial charge in [-0.2, -0.15) is 0 Å². The molecule has 0 aliphatic carbocycles. The molecule has 0 aliphatic rings. The number of rotatable bonds is 4. The van der Waals surface area contributed by atoms with E-state index in [9.17, 15) is 0 Å². The average molecular weight is 416 g/mol. The van der Waals surface area contributed by atoms with E-state index in [4.69, 9.17) is 25.6 Å². The lowest BCUT2D eigenvalue weighted by molar-refractivity contribution is -0.106. The fourth-order valence-electron chi connectivity index (χ4n) is 0. The molecule has 0 unspecified atom stereocenters. The smallest absolute Gasteiger partial charge is 0.204 e. The number of nitrogens with two attached hydrogens (primary N) is 1. The van der Waals surface area contributed by atoms with Crippen molar-refractivity contribution in [3.05, 3.63) is 0 Å². The van der Waals surface area contributed by atoms with E-state index in [1.165, 1.54) is 0 Å². The summed E-state index contributed by atoms with van der Waals surface area (Å²) < 4.78 is 0. The minimum Gasteiger partial charge on any atom is -0.372 e. The minimum absolute atomic E-state index is 0. The summed E-state index contributed by atoms with van der Waals surface area (Å²) in [5.74, 6) is 0. The quantitative estimate of drug-likeness (QED) is 0.244. The Morgan fingerprint density at radius 1 is 0.593 bits per heavy atom. The van der Waals surface area contributed by atoms with Crippen LogP contribution in [0.4, 0.5) is 0 Å². The fourth-order valence-corrected chi connectivity index (χ4v) is 0. The molecular formula is C17H61N5O5. The van der Waals surface area contributed by atoms with Crippen molar-refractivity contribution < 1.29 is 25.6 Å². The standard InChI is InChI=1S/4C2H7NO.C2H6.CH3NO.6CH4/c4*1-2-3-4;1-2;2-1-3;;;;;;/h4*3-4H,2H2,1H3;1-2H3;1H,(H2,2,3);6*1H4. The molecule has 0 saturated carbocycles. The molecule has 10 N–H and O–H groups in total. The predicted octanol–water partition coefficient (Wildman–Crippen LogP) is 3.88. The van der Waals surface area contributed by atoms with Gasteiger partial charge in [0.25, 0.3) is 0 Å². The molecule has 0 aliphatic heterocycles. The maximum absolute atomic E-state index is 8.58. The molecule has 0 rings (SSSR count). The highest BCUT2D eigenvalue weighted by atomic mass is 16.5. The number of primary amides is 1. The van der Waals surface area contributed by atoms with Crippen molar-refractivity contribution in [3.63, 3.8) is 0 Å². The van der Waals surface area contributed by atoms with Gasteiger partial charge in [-0.25, -0.2) is 21.9 Å². The molecule has 10 heteroatoms. The van der Waals surface area contributed by atoms with Crippen LogP contribution in [0.5, 0.6) is 0 Å². The molecule has 0 atom stereocenters. The van der Waals surface area contributed by atoms with Crippen molar-refractivity contribution in [1.29, 1.82) is 0 Å². The summed E-state index contributed by atoms with van der Waals surface area (Å²) >= 11 is 0. The van der Waals surface area contributed by atoms with Crippen LogP contribution < -0.4 is 27.7 Å². The molecule has 0 aromatic carbocycles. The molecule has 10 nitrogen and oxygen atoms in total. The van der Waals surface area contributed by atoms with E-state index in [1.54, 1.807) is 0 Å². The van der Waals surface area contributed by atoms with Gasteiger partial charge in [0.15, 0.2) is 0 Å². The first-order valence-electron chi connectivity index (χ1n) is 6.71. The number of hydrogen-bond donors (Lipinski definition) is 9. The SMILES string of the molecule is C.C.C.C.C.C.CC.CCNO.CCNO.CCNO.CCNO.NC=O. The Kier molecular flexibility index (Phi) is 676. The van der Waals surface area contributed by atoms with E-state index in [1.807, 2.05) is 63.5 Å². The minimum atomic E-state index is 0. The van der Waals surface area contributed by atoms with Crippen molar-refractivity contribution in [2.75, 3.05) is 26.2 Å². The zero-order valence-electron chi connectivity index (χ0n) is 14.2. The fraction of sp³-hybridized carbons (Fsp3) is 0.941. The third-order valence-electron chi connectivity index (χ3n) is 0.632. The Morgan fingerprint density at radius 2 is 0.630 bits per heavy atom. The van der Waals surface area contributed by atoms with Crippen LogP contribution >= 0.6 is 0 Å². The lowest BCUT2D eigenvalue weighted by Crippen LogP contribution is -2.02. The highest BCUT2D eigenvalue weighted by Gasteiger charge is 1.52. The monoisotopic (exact) mass is 415 g/mol. The van der Waals surface area contributed by atoms with Crippen molar-refractivity contribution in [2.24, 2.45) is 5.73 Å². The summed E-state index contributed by atoms with van der Waals surface area (Å²) in [6.07, 6.45) is 0.250. The van der Waals surface area contributed by atoms with Gasteiger partial charge in [-0.1, -0.05) is 86.1 Å². The summed E-state index contributed by atoms with van der Waals surface area (Å²) in [7, 11) is 0. The Labute approximate surface area is 172 Å². The summed E-state index contributed by atoms with van der Waals surface area (Å²) in [6.45, 7) is 13.8. The van der Waals surface area contributed by atoms with Crippen LogP contribution in [-0.4, -0.2) is 53.4 Å². The first kappa shape index (κ1) is 82.6. The normalized spacial score (nSPS) is 5.11. The van der Waals surface area contributed by atoms with Gasteiger partial charge in [-0.15, -0.1) is 0 Å². The third-order valence-corrected chi connectivity index (χ3v) is 0.632. The molecule has 0 bridgehead atoms. The Balaban J connectivity index is -0.00000000968. The molecule has 0 spiro atoms. The van der Waals surface area contributed by atoms with E-state index < -0.39 is 0 Å². The molecule has 0 radical (unpaired) electrons. The molecule has 1 amide bonds. The van der Waals surface area contributed by atoms with Crippen molar-refractivity contribution in [2.45, 2.75) is 86.1 Å². The van der Waals surface area contributed by atoms with Crippen LogP contribution in [0.2, 0.25) is 0 Å². The second-order valence-corrected chi connectivity index (χ2v) is 2.18. The van der Waals surface area contributed by atoms with E-state index >= 15 is 0 Å². The van der Waals surface area contributed by atoms with Crippen molar-refractivity contribution in [3.8, 4) is 0 Å². The maximum atomic E-state index is 8.58. The van der Waals surface area contributed by atoms with Gasteiger partial charge in [0.05, 0.1) is 0 Å². The number of amides is 1. The van der Waals surface area contributed by atoms with Crippen molar-refractivity contribution >= 4 is 6.41 Å². The van der Waals surface area contributed by atoms with Crippen molar-refractivity contribution in [1.82, 2.24) is 21.9 Å². The van der Waals surface area contributed by atoms with Crippen LogP contribution in [0, 0.1) is 0 Å². The van der Waals surface area contributed by atoms with Crippen LogP contribution in [0.3, 0.4) is 0 Å². The number of hydroxylamine groups is 4. The highest BCUT2D eigenvalue weighted by molar-refractivity contribution is 5.42. The molecular weight excluding hydrogens is 354 g/mol. The third kappa shape index (κ3) is 1360. The van der Waals surface area contributed by atoms with Gasteiger partial charge < -0.3 is 26.6 Å². The maximum Gasteiger partial charge on any atom is 0.204 e. The number of nitrogens with one attached hydrogen (secondary N) is 4. The van der Waals surface area contributed by atoms with Crippen LogP contribution in [0.15, 0.2) is 0 Å². The zero-order chi connectivity index (χ0) is 18.4. The molecule has 0 saturated heterocycles. The second kappa shape index (κ2) is 221. The first-order chi connectivity index (χ1) is 10.1. The molecule has 0 aromatic heterocycles. The van der Waals surface area contributed by atoms with Gasteiger partial charge in [-0.3, -0.25) is 4.79 Å².